The summed E-state index contributed by atoms with van der Waals surface area (Å²) in [5, 5.41) is 17.4. The molecule has 1 amide bonds. The van der Waals surface area contributed by atoms with Crippen LogP contribution in [0.5, 0.6) is 0 Å². The van der Waals surface area contributed by atoms with Gasteiger partial charge in [-0.15, -0.1) is 0 Å². The summed E-state index contributed by atoms with van der Waals surface area (Å²) in [6.07, 6.45) is 3.44. The lowest BCUT2D eigenvalue weighted by molar-refractivity contribution is -0.117. The molecule has 0 saturated heterocycles. The van der Waals surface area contributed by atoms with Crippen LogP contribution >= 0.6 is 0 Å². The summed E-state index contributed by atoms with van der Waals surface area (Å²) in [5.41, 5.74) is 5.35. The van der Waals surface area contributed by atoms with Crippen molar-refractivity contribution in [3.8, 4) is 23.0 Å². The first-order chi connectivity index (χ1) is 16.0. The minimum absolute atomic E-state index is 0.0266. The minimum Gasteiger partial charge on any atom is -0.345 e. The summed E-state index contributed by atoms with van der Waals surface area (Å²) in [7, 11) is 0. The molecule has 3 aromatic carbocycles. The van der Waals surface area contributed by atoms with Crippen molar-refractivity contribution in [2.24, 2.45) is 0 Å². The van der Waals surface area contributed by atoms with Gasteiger partial charge in [-0.25, -0.2) is 4.68 Å². The SMILES string of the molecule is Cc1ccc([C@@H](C)NC(=O)/C(C#N)=C/c2cn(-c3ccccc3)nc2-c2ccccc2)cc1. The van der Waals surface area contributed by atoms with Crippen LogP contribution in [0.3, 0.4) is 0 Å². The minimum atomic E-state index is -0.419. The second kappa shape index (κ2) is 9.80. The van der Waals surface area contributed by atoms with E-state index < -0.39 is 5.91 Å². The number of aromatic nitrogens is 2. The number of para-hydroxylation sites is 1. The number of nitrogens with zero attached hydrogens (tertiary/aromatic N) is 3. The molecule has 0 aliphatic rings. The van der Waals surface area contributed by atoms with E-state index in [1.54, 1.807) is 10.8 Å². The lowest BCUT2D eigenvalue weighted by Gasteiger charge is -2.14. The van der Waals surface area contributed by atoms with Gasteiger partial charge >= 0.3 is 0 Å². The van der Waals surface area contributed by atoms with Crippen molar-refractivity contribution in [2.75, 3.05) is 0 Å². The fourth-order valence-corrected chi connectivity index (χ4v) is 3.54. The molecule has 0 unspecified atom stereocenters. The van der Waals surface area contributed by atoms with Gasteiger partial charge in [-0.05, 0) is 37.6 Å². The van der Waals surface area contributed by atoms with E-state index in [-0.39, 0.29) is 11.6 Å². The number of hydrogen-bond donors (Lipinski definition) is 1. The predicted octanol–water partition coefficient (Wildman–Crippen LogP) is 5.63. The zero-order chi connectivity index (χ0) is 23.2. The van der Waals surface area contributed by atoms with Crippen molar-refractivity contribution < 1.29 is 4.79 Å². The monoisotopic (exact) mass is 432 g/mol. The largest absolute Gasteiger partial charge is 0.345 e. The van der Waals surface area contributed by atoms with Crippen LogP contribution in [0.4, 0.5) is 0 Å². The number of amides is 1. The first-order valence-corrected chi connectivity index (χ1v) is 10.7. The molecule has 0 radical (unpaired) electrons. The smallest absolute Gasteiger partial charge is 0.262 e. The van der Waals surface area contributed by atoms with Gasteiger partial charge in [0.25, 0.3) is 5.91 Å². The summed E-state index contributed by atoms with van der Waals surface area (Å²) in [6.45, 7) is 3.92. The fourth-order valence-electron chi connectivity index (χ4n) is 3.54. The molecule has 1 heterocycles. The maximum atomic E-state index is 12.9. The first kappa shape index (κ1) is 21.8. The number of nitrogens with one attached hydrogen (secondary N) is 1. The molecular formula is C28H24N4O. The van der Waals surface area contributed by atoms with E-state index in [0.717, 1.165) is 22.4 Å². The topological polar surface area (TPSA) is 70.7 Å². The average Bonchev–Trinajstić information content (AvgIpc) is 3.28. The molecule has 0 saturated carbocycles. The predicted molar refractivity (Wildman–Crippen MR) is 130 cm³/mol. The van der Waals surface area contributed by atoms with E-state index in [1.807, 2.05) is 105 Å². The molecule has 0 spiro atoms. The van der Waals surface area contributed by atoms with Gasteiger partial charge in [-0.2, -0.15) is 10.4 Å². The number of carbonyl (C=O) groups is 1. The summed E-state index contributed by atoms with van der Waals surface area (Å²) in [5.74, 6) is -0.419. The summed E-state index contributed by atoms with van der Waals surface area (Å²) in [6, 6.07) is 29.3. The van der Waals surface area contributed by atoms with Gasteiger partial charge in [0.1, 0.15) is 11.6 Å². The number of carbonyl (C=O) groups excluding carboxylic acids is 1. The van der Waals surface area contributed by atoms with Crippen LogP contribution < -0.4 is 5.32 Å². The first-order valence-electron chi connectivity index (χ1n) is 10.7. The Labute approximate surface area is 193 Å². The van der Waals surface area contributed by atoms with Crippen LogP contribution in [0, 0.1) is 18.3 Å². The molecule has 33 heavy (non-hydrogen) atoms. The van der Waals surface area contributed by atoms with Crippen LogP contribution in [0.2, 0.25) is 0 Å². The Morgan fingerprint density at radius 3 is 2.27 bits per heavy atom. The fraction of sp³-hybridized carbons (Fsp3) is 0.107. The molecule has 4 aromatic rings. The van der Waals surface area contributed by atoms with Crippen molar-refractivity contribution in [1.29, 1.82) is 5.26 Å². The quantitative estimate of drug-likeness (QED) is 0.317. The molecule has 162 valence electrons. The molecule has 1 atom stereocenters. The highest BCUT2D eigenvalue weighted by atomic mass is 16.1. The maximum Gasteiger partial charge on any atom is 0.262 e. The summed E-state index contributed by atoms with van der Waals surface area (Å²) >= 11 is 0. The van der Waals surface area contributed by atoms with Crippen molar-refractivity contribution in [2.45, 2.75) is 19.9 Å². The maximum absolute atomic E-state index is 12.9. The number of rotatable bonds is 6. The van der Waals surface area contributed by atoms with Gasteiger partial charge in [0, 0.05) is 17.3 Å². The molecule has 0 fully saturated rings. The van der Waals surface area contributed by atoms with Crippen LogP contribution in [0.25, 0.3) is 23.0 Å². The Hall–Kier alpha value is -4.43. The highest BCUT2D eigenvalue weighted by Gasteiger charge is 2.17. The van der Waals surface area contributed by atoms with Crippen molar-refractivity contribution in [1.82, 2.24) is 15.1 Å². The number of nitriles is 1. The van der Waals surface area contributed by atoms with Gasteiger partial charge < -0.3 is 5.32 Å². The molecule has 4 rings (SSSR count). The number of aryl methyl sites for hydroxylation is 1. The lowest BCUT2D eigenvalue weighted by atomic mass is 10.0. The van der Waals surface area contributed by atoms with E-state index in [1.165, 1.54) is 0 Å². The zero-order valence-corrected chi connectivity index (χ0v) is 18.6. The van der Waals surface area contributed by atoms with E-state index in [4.69, 9.17) is 5.10 Å². The average molecular weight is 433 g/mol. The third-order valence-electron chi connectivity index (χ3n) is 5.40. The van der Waals surface area contributed by atoms with Gasteiger partial charge in [-0.3, -0.25) is 4.79 Å². The van der Waals surface area contributed by atoms with E-state index >= 15 is 0 Å². The number of hydrogen-bond acceptors (Lipinski definition) is 3. The molecular weight excluding hydrogens is 408 g/mol. The van der Waals surface area contributed by atoms with Crippen LogP contribution in [0.1, 0.15) is 29.7 Å². The van der Waals surface area contributed by atoms with Gasteiger partial charge in [0.05, 0.1) is 17.4 Å². The molecule has 1 aromatic heterocycles. The standard InChI is InChI=1S/C28H24N4O/c1-20-13-15-22(16-14-20)21(2)30-28(33)24(18-29)17-25-19-32(26-11-7-4-8-12-26)31-27(25)23-9-5-3-6-10-23/h3-17,19,21H,1-2H3,(H,30,33)/b24-17+/t21-/m1/s1. The second-order valence-corrected chi connectivity index (χ2v) is 7.85. The second-order valence-electron chi connectivity index (χ2n) is 7.85. The summed E-state index contributed by atoms with van der Waals surface area (Å²) < 4.78 is 1.76. The number of benzene rings is 3. The van der Waals surface area contributed by atoms with Crippen molar-refractivity contribution in [3.05, 3.63) is 113 Å². The third-order valence-corrected chi connectivity index (χ3v) is 5.40. The van der Waals surface area contributed by atoms with Crippen LogP contribution in [0.15, 0.2) is 96.7 Å². The highest BCUT2D eigenvalue weighted by Crippen LogP contribution is 2.26. The van der Waals surface area contributed by atoms with Crippen LogP contribution in [-0.4, -0.2) is 15.7 Å². The van der Waals surface area contributed by atoms with E-state index in [9.17, 15) is 10.1 Å². The highest BCUT2D eigenvalue weighted by molar-refractivity contribution is 6.02. The Bertz CT molecular complexity index is 1310. The molecule has 0 bridgehead atoms. The molecule has 5 nitrogen and oxygen atoms in total. The van der Waals surface area contributed by atoms with Gasteiger partial charge in [0.2, 0.25) is 0 Å². The van der Waals surface area contributed by atoms with Crippen LogP contribution in [-0.2, 0) is 4.79 Å². The zero-order valence-electron chi connectivity index (χ0n) is 18.6. The normalized spacial score (nSPS) is 12.1. The van der Waals surface area contributed by atoms with Gasteiger partial charge in [-0.1, -0.05) is 78.4 Å². The molecule has 5 heteroatoms. The van der Waals surface area contributed by atoms with Crippen molar-refractivity contribution in [3.63, 3.8) is 0 Å². The molecule has 0 aliphatic heterocycles. The Morgan fingerprint density at radius 1 is 1.00 bits per heavy atom. The van der Waals surface area contributed by atoms with E-state index in [2.05, 4.69) is 11.4 Å². The lowest BCUT2D eigenvalue weighted by Crippen LogP contribution is -2.27. The Kier molecular flexibility index (Phi) is 6.47. The third kappa shape index (κ3) is 5.08. The van der Waals surface area contributed by atoms with E-state index in [0.29, 0.717) is 11.3 Å². The summed E-state index contributed by atoms with van der Waals surface area (Å²) in [4.78, 5) is 12.9. The molecule has 0 aliphatic carbocycles. The van der Waals surface area contributed by atoms with Crippen molar-refractivity contribution >= 4 is 12.0 Å². The van der Waals surface area contributed by atoms with Gasteiger partial charge in [0.15, 0.2) is 0 Å². The molecule has 1 N–H and O–H groups in total. The Balaban J connectivity index is 1.68. The Morgan fingerprint density at radius 2 is 1.64 bits per heavy atom.